The van der Waals surface area contributed by atoms with Gasteiger partial charge >= 0.3 is 5.63 Å². The molecule has 1 aliphatic carbocycles. The number of nitrogens with one attached hydrogen (secondary N) is 2. The van der Waals surface area contributed by atoms with Crippen LogP contribution in [0.5, 0.6) is 10.9 Å². The van der Waals surface area contributed by atoms with E-state index in [1.807, 2.05) is 25.3 Å². The molecule has 1 fully saturated rings. The summed E-state index contributed by atoms with van der Waals surface area (Å²) in [6.45, 7) is 3.77. The van der Waals surface area contributed by atoms with Crippen molar-refractivity contribution in [2.75, 3.05) is 4.72 Å². The molecule has 7 nitrogen and oxygen atoms in total. The first kappa shape index (κ1) is 21.9. The zero-order valence-corrected chi connectivity index (χ0v) is 19.6. The molecule has 10 heteroatoms. The number of hydrogen-bond acceptors (Lipinski definition) is 9. The van der Waals surface area contributed by atoms with Gasteiger partial charge in [0.1, 0.15) is 11.3 Å². The van der Waals surface area contributed by atoms with Crippen molar-refractivity contribution in [3.05, 3.63) is 74.5 Å². The Morgan fingerprint density at radius 2 is 2.12 bits per heavy atom. The zero-order chi connectivity index (χ0) is 22.9. The summed E-state index contributed by atoms with van der Waals surface area (Å²) < 4.78 is 32.6. The Morgan fingerprint density at radius 1 is 1.27 bits per heavy atom. The van der Waals surface area contributed by atoms with Gasteiger partial charge in [0, 0.05) is 59.4 Å². The second-order valence-electron chi connectivity index (χ2n) is 7.91. The van der Waals surface area contributed by atoms with Crippen LogP contribution in [0, 0.1) is 19.7 Å². The van der Waals surface area contributed by atoms with Gasteiger partial charge in [0.05, 0.1) is 0 Å². The van der Waals surface area contributed by atoms with Gasteiger partial charge < -0.3 is 9.15 Å². The number of fused-ring (bicyclic) bond motifs is 1. The van der Waals surface area contributed by atoms with E-state index < -0.39 is 11.4 Å². The molecule has 3 heterocycles. The van der Waals surface area contributed by atoms with Crippen molar-refractivity contribution < 1.29 is 13.5 Å². The molecule has 0 spiro atoms. The minimum absolute atomic E-state index is 0.101. The summed E-state index contributed by atoms with van der Waals surface area (Å²) in [6, 6.07) is 5.66. The molecule has 0 saturated heterocycles. The van der Waals surface area contributed by atoms with Crippen LogP contribution in [0.3, 0.4) is 0 Å². The number of nitrogens with zero attached hydrogens (tertiary/aromatic N) is 2. The maximum Gasteiger partial charge on any atom is 0.340 e. The third kappa shape index (κ3) is 4.73. The van der Waals surface area contributed by atoms with Crippen LogP contribution in [0.4, 0.5) is 10.2 Å². The van der Waals surface area contributed by atoms with Crippen LogP contribution in [0.15, 0.2) is 45.2 Å². The Labute approximate surface area is 197 Å². The monoisotopic (exact) mass is 484 g/mol. The number of rotatable bonds is 8. The SMILES string of the molecule is Cc1cc2c(C)c(Cc3ccnc(NSNC4CC4)c3F)c(=O)oc2cc1Oc1nccs1. The predicted molar refractivity (Wildman–Crippen MR) is 129 cm³/mol. The van der Waals surface area contributed by atoms with Gasteiger partial charge in [-0.25, -0.2) is 23.9 Å². The molecule has 1 aliphatic rings. The fourth-order valence-electron chi connectivity index (χ4n) is 3.44. The minimum atomic E-state index is -0.500. The number of pyridine rings is 1. The number of aryl methyl sites for hydroxylation is 2. The van der Waals surface area contributed by atoms with Crippen LogP contribution in [0.25, 0.3) is 11.0 Å². The molecule has 0 radical (unpaired) electrons. The Hall–Kier alpha value is -2.95. The number of hydrogen-bond donors (Lipinski definition) is 2. The molecule has 1 saturated carbocycles. The summed E-state index contributed by atoms with van der Waals surface area (Å²) >= 11 is 2.60. The molecule has 0 unspecified atom stereocenters. The van der Waals surface area contributed by atoms with E-state index in [2.05, 4.69) is 19.4 Å². The lowest BCUT2D eigenvalue weighted by Gasteiger charge is -2.13. The average molecular weight is 485 g/mol. The second kappa shape index (κ2) is 9.12. The standard InChI is InChI=1S/C23H21FN4O3S2/c1-12-9-16-13(2)17(22(29)30-19(16)11-18(12)31-23-26-7-8-32-23)10-14-5-6-25-21(20(14)24)28-33-27-15-3-4-15/h5-9,11,15,27H,3-4,10H2,1-2H3,(H,25,28). The molecule has 3 aromatic heterocycles. The highest BCUT2D eigenvalue weighted by molar-refractivity contribution is 7.98. The number of ether oxygens (including phenoxy) is 1. The molecule has 1 aromatic carbocycles. The summed E-state index contributed by atoms with van der Waals surface area (Å²) in [5.74, 6) is 0.221. The summed E-state index contributed by atoms with van der Waals surface area (Å²) in [7, 11) is 0. The maximum atomic E-state index is 15.1. The molecule has 4 aromatic rings. The number of halogens is 1. The van der Waals surface area contributed by atoms with Gasteiger partial charge in [-0.1, -0.05) is 11.3 Å². The lowest BCUT2D eigenvalue weighted by atomic mass is 9.98. The lowest BCUT2D eigenvalue weighted by Crippen LogP contribution is -2.13. The maximum absolute atomic E-state index is 15.1. The van der Waals surface area contributed by atoms with Crippen molar-refractivity contribution in [1.29, 1.82) is 0 Å². The summed E-state index contributed by atoms with van der Waals surface area (Å²) in [4.78, 5) is 21.0. The van der Waals surface area contributed by atoms with Gasteiger partial charge in [0.2, 0.25) is 0 Å². The van der Waals surface area contributed by atoms with Gasteiger partial charge in [-0.3, -0.25) is 4.72 Å². The highest BCUT2D eigenvalue weighted by Crippen LogP contribution is 2.32. The van der Waals surface area contributed by atoms with Crippen molar-refractivity contribution >= 4 is 40.3 Å². The molecule has 0 bridgehead atoms. The van der Waals surface area contributed by atoms with E-state index in [9.17, 15) is 4.79 Å². The molecule has 0 amide bonds. The molecule has 5 rings (SSSR count). The van der Waals surface area contributed by atoms with E-state index in [1.165, 1.54) is 29.7 Å². The molecule has 0 atom stereocenters. The normalized spacial score (nSPS) is 13.4. The van der Waals surface area contributed by atoms with Crippen molar-refractivity contribution in [2.24, 2.45) is 0 Å². The largest absolute Gasteiger partial charge is 0.430 e. The van der Waals surface area contributed by atoms with Crippen molar-refractivity contribution in [3.63, 3.8) is 0 Å². The van der Waals surface area contributed by atoms with E-state index in [1.54, 1.807) is 18.3 Å². The smallest absolute Gasteiger partial charge is 0.340 e. The second-order valence-corrected chi connectivity index (χ2v) is 9.41. The van der Waals surface area contributed by atoms with Crippen LogP contribution in [-0.4, -0.2) is 16.0 Å². The summed E-state index contributed by atoms with van der Waals surface area (Å²) in [5.41, 5.74) is 2.33. The topological polar surface area (TPSA) is 89.3 Å². The first-order chi connectivity index (χ1) is 16.0. The first-order valence-corrected chi connectivity index (χ1v) is 12.1. The van der Waals surface area contributed by atoms with Crippen molar-refractivity contribution in [3.8, 4) is 10.9 Å². The van der Waals surface area contributed by atoms with Crippen LogP contribution in [-0.2, 0) is 6.42 Å². The van der Waals surface area contributed by atoms with Crippen molar-refractivity contribution in [2.45, 2.75) is 39.2 Å². The van der Waals surface area contributed by atoms with Crippen LogP contribution in [0.2, 0.25) is 0 Å². The Balaban J connectivity index is 1.44. The predicted octanol–water partition coefficient (Wildman–Crippen LogP) is 5.51. The number of benzene rings is 1. The Morgan fingerprint density at radius 3 is 2.88 bits per heavy atom. The first-order valence-electron chi connectivity index (χ1n) is 10.4. The highest BCUT2D eigenvalue weighted by atomic mass is 32.2. The van der Waals surface area contributed by atoms with E-state index in [0.717, 1.165) is 29.4 Å². The van der Waals surface area contributed by atoms with Crippen LogP contribution in [0.1, 0.15) is 35.1 Å². The average Bonchev–Trinajstić information content (AvgIpc) is 3.47. The number of aromatic nitrogens is 2. The zero-order valence-electron chi connectivity index (χ0n) is 18.0. The van der Waals surface area contributed by atoms with Gasteiger partial charge in [0.15, 0.2) is 11.6 Å². The minimum Gasteiger partial charge on any atom is -0.430 e. The van der Waals surface area contributed by atoms with E-state index in [4.69, 9.17) is 9.15 Å². The highest BCUT2D eigenvalue weighted by Gasteiger charge is 2.21. The third-order valence-corrected chi connectivity index (χ3v) is 6.87. The van der Waals surface area contributed by atoms with Gasteiger partial charge in [-0.15, -0.1) is 0 Å². The van der Waals surface area contributed by atoms with E-state index in [-0.39, 0.29) is 12.2 Å². The summed E-state index contributed by atoms with van der Waals surface area (Å²) in [6.07, 6.45) is 5.54. The molecule has 170 valence electrons. The number of anilines is 1. The van der Waals surface area contributed by atoms with E-state index in [0.29, 0.717) is 33.7 Å². The fourth-order valence-corrected chi connectivity index (χ4v) is 4.64. The molecular weight excluding hydrogens is 463 g/mol. The lowest BCUT2D eigenvalue weighted by molar-refractivity contribution is 0.472. The Bertz CT molecular complexity index is 1370. The van der Waals surface area contributed by atoms with Crippen LogP contribution < -0.4 is 19.8 Å². The van der Waals surface area contributed by atoms with Crippen molar-refractivity contribution in [1.82, 2.24) is 14.7 Å². The third-order valence-electron chi connectivity index (χ3n) is 5.48. The van der Waals surface area contributed by atoms with Gasteiger partial charge in [-0.2, -0.15) is 0 Å². The van der Waals surface area contributed by atoms with E-state index >= 15 is 4.39 Å². The fraction of sp³-hybridized carbons (Fsp3) is 0.261. The summed E-state index contributed by atoms with van der Waals surface area (Å²) in [5, 5.41) is 3.12. The van der Waals surface area contributed by atoms with Gasteiger partial charge in [-0.05, 0) is 55.5 Å². The van der Waals surface area contributed by atoms with Gasteiger partial charge in [0.25, 0.3) is 5.19 Å². The molecule has 2 N–H and O–H groups in total. The number of thiazole rings is 1. The Kier molecular flexibility index (Phi) is 6.05. The molecule has 33 heavy (non-hydrogen) atoms. The van der Waals surface area contributed by atoms with Crippen LogP contribution >= 0.6 is 23.5 Å². The molecular formula is C23H21FN4O3S2. The quantitative estimate of drug-likeness (QED) is 0.250. The molecule has 0 aliphatic heterocycles.